The number of benzene rings is 4. The first-order chi connectivity index (χ1) is 16.7. The van der Waals surface area contributed by atoms with E-state index in [1.165, 1.54) is 38.9 Å². The van der Waals surface area contributed by atoms with E-state index < -0.39 is 0 Å². The molecule has 0 fully saturated rings. The second-order valence-corrected chi connectivity index (χ2v) is 11.2. The molecule has 0 unspecified atom stereocenters. The molecule has 1 aliphatic carbocycles. The molecule has 4 aromatic carbocycles. The highest BCUT2D eigenvalue weighted by atomic mass is 16.3. The second-order valence-electron chi connectivity index (χ2n) is 11.2. The van der Waals surface area contributed by atoms with Gasteiger partial charge in [0, 0.05) is 22.1 Å². The maximum Gasteiger partial charge on any atom is 0.136 e. The van der Waals surface area contributed by atoms with Gasteiger partial charge in [-0.3, -0.25) is 0 Å². The fraction of sp³-hybridized carbons (Fsp3) is 0.212. The van der Waals surface area contributed by atoms with Crippen molar-refractivity contribution in [2.45, 2.75) is 45.4 Å². The van der Waals surface area contributed by atoms with Crippen LogP contribution in [0.15, 0.2) is 95.6 Å². The van der Waals surface area contributed by atoms with Crippen LogP contribution >= 0.6 is 0 Å². The topological polar surface area (TPSA) is 25.2 Å². The molecule has 5 aromatic rings. The molecule has 35 heavy (non-hydrogen) atoms. The van der Waals surface area contributed by atoms with Crippen molar-refractivity contribution in [1.82, 2.24) is 0 Å². The minimum absolute atomic E-state index is 0.0379. The highest BCUT2D eigenvalue weighted by Crippen LogP contribution is 2.50. The van der Waals surface area contributed by atoms with Crippen molar-refractivity contribution in [3.63, 3.8) is 0 Å². The molecule has 1 aromatic heterocycles. The zero-order chi connectivity index (χ0) is 24.4. The molecule has 1 heterocycles. The van der Waals surface area contributed by atoms with Crippen molar-refractivity contribution in [1.29, 1.82) is 0 Å². The summed E-state index contributed by atoms with van der Waals surface area (Å²) in [5.74, 6) is 0. The monoisotopic (exact) mass is 457 g/mol. The van der Waals surface area contributed by atoms with E-state index in [0.717, 1.165) is 22.3 Å². The van der Waals surface area contributed by atoms with Gasteiger partial charge >= 0.3 is 0 Å². The Hall–Kier alpha value is -3.78. The van der Waals surface area contributed by atoms with Crippen LogP contribution in [0.3, 0.4) is 0 Å². The van der Waals surface area contributed by atoms with Crippen LogP contribution in [0.2, 0.25) is 0 Å². The SMILES string of the molecule is CC(C)(C)c1ccc(Nc2coc3cc4c(cc23)-c2ccccc2C4(C)C)c(-c2ccccc2)c1. The third-order valence-electron chi connectivity index (χ3n) is 7.52. The van der Waals surface area contributed by atoms with E-state index in [-0.39, 0.29) is 10.8 Å². The Morgan fingerprint density at radius 1 is 0.686 bits per heavy atom. The quantitative estimate of drug-likeness (QED) is 0.292. The largest absolute Gasteiger partial charge is 0.462 e. The fourth-order valence-corrected chi connectivity index (χ4v) is 5.44. The maximum atomic E-state index is 6.10. The van der Waals surface area contributed by atoms with Crippen LogP contribution in [0.5, 0.6) is 0 Å². The molecule has 0 radical (unpaired) electrons. The minimum Gasteiger partial charge on any atom is -0.462 e. The van der Waals surface area contributed by atoms with Crippen LogP contribution in [-0.2, 0) is 10.8 Å². The normalized spacial score (nSPS) is 14.1. The molecule has 2 nitrogen and oxygen atoms in total. The van der Waals surface area contributed by atoms with E-state index >= 15 is 0 Å². The maximum absolute atomic E-state index is 6.10. The molecule has 174 valence electrons. The summed E-state index contributed by atoms with van der Waals surface area (Å²) in [6.45, 7) is 11.4. The first kappa shape index (κ1) is 21.7. The molecule has 2 heteroatoms. The number of nitrogens with one attached hydrogen (secondary N) is 1. The molecule has 0 saturated heterocycles. The van der Waals surface area contributed by atoms with Gasteiger partial charge in [0.25, 0.3) is 0 Å². The summed E-state index contributed by atoms with van der Waals surface area (Å²) in [6.07, 6.45) is 1.85. The Morgan fingerprint density at radius 3 is 2.20 bits per heavy atom. The Balaban J connectivity index is 1.48. The molecule has 0 spiro atoms. The highest BCUT2D eigenvalue weighted by Gasteiger charge is 2.36. The zero-order valence-electron chi connectivity index (χ0n) is 21.1. The first-order valence-corrected chi connectivity index (χ1v) is 12.4. The smallest absolute Gasteiger partial charge is 0.136 e. The first-order valence-electron chi connectivity index (χ1n) is 12.4. The number of rotatable bonds is 3. The minimum atomic E-state index is -0.0379. The molecule has 0 atom stereocenters. The number of furan rings is 1. The molecule has 0 saturated carbocycles. The van der Waals surface area contributed by atoms with Crippen LogP contribution in [-0.4, -0.2) is 0 Å². The molecular weight excluding hydrogens is 426 g/mol. The molecule has 6 rings (SSSR count). The van der Waals surface area contributed by atoms with Crippen molar-refractivity contribution >= 4 is 22.3 Å². The lowest BCUT2D eigenvalue weighted by atomic mass is 9.82. The summed E-state index contributed by atoms with van der Waals surface area (Å²) in [7, 11) is 0. The van der Waals surface area contributed by atoms with Gasteiger partial charge in [0.1, 0.15) is 11.8 Å². The van der Waals surface area contributed by atoms with Crippen molar-refractivity contribution < 1.29 is 4.42 Å². The Labute approximate surface area is 207 Å². The average Bonchev–Trinajstić information content (AvgIpc) is 3.34. The summed E-state index contributed by atoms with van der Waals surface area (Å²) < 4.78 is 6.10. The van der Waals surface area contributed by atoms with Gasteiger partial charge in [0.2, 0.25) is 0 Å². The lowest BCUT2D eigenvalue weighted by Gasteiger charge is -2.22. The Kier molecular flexibility index (Phi) is 4.73. The lowest BCUT2D eigenvalue weighted by molar-refractivity contribution is 0.590. The number of fused-ring (bicyclic) bond motifs is 4. The average molecular weight is 458 g/mol. The van der Waals surface area contributed by atoms with Crippen molar-refractivity contribution in [2.24, 2.45) is 0 Å². The van der Waals surface area contributed by atoms with E-state index in [4.69, 9.17) is 4.42 Å². The van der Waals surface area contributed by atoms with E-state index in [0.29, 0.717) is 0 Å². The molecular formula is C33H31NO. The zero-order valence-corrected chi connectivity index (χ0v) is 21.1. The van der Waals surface area contributed by atoms with Crippen LogP contribution in [0.1, 0.15) is 51.3 Å². The van der Waals surface area contributed by atoms with Crippen LogP contribution in [0.4, 0.5) is 11.4 Å². The van der Waals surface area contributed by atoms with Gasteiger partial charge in [-0.15, -0.1) is 0 Å². The predicted molar refractivity (Wildman–Crippen MR) is 148 cm³/mol. The predicted octanol–water partition coefficient (Wildman–Crippen LogP) is 9.45. The third kappa shape index (κ3) is 3.47. The number of hydrogen-bond donors (Lipinski definition) is 1. The van der Waals surface area contributed by atoms with Gasteiger partial charge in [-0.1, -0.05) is 95.3 Å². The van der Waals surface area contributed by atoms with Gasteiger partial charge in [0.05, 0.1) is 5.69 Å². The van der Waals surface area contributed by atoms with Crippen LogP contribution in [0.25, 0.3) is 33.2 Å². The van der Waals surface area contributed by atoms with Gasteiger partial charge in [-0.2, -0.15) is 0 Å². The van der Waals surface area contributed by atoms with E-state index in [2.05, 4.69) is 125 Å². The van der Waals surface area contributed by atoms with Crippen molar-refractivity contribution in [3.8, 4) is 22.3 Å². The number of anilines is 2. The summed E-state index contributed by atoms with van der Waals surface area (Å²) in [4.78, 5) is 0. The van der Waals surface area contributed by atoms with Gasteiger partial charge in [-0.25, -0.2) is 0 Å². The van der Waals surface area contributed by atoms with Crippen molar-refractivity contribution in [3.05, 3.63) is 108 Å². The molecule has 0 aliphatic heterocycles. The third-order valence-corrected chi connectivity index (χ3v) is 7.52. The summed E-state index contributed by atoms with van der Waals surface area (Å²) in [5.41, 5.74) is 12.1. The Morgan fingerprint density at radius 2 is 1.43 bits per heavy atom. The lowest BCUT2D eigenvalue weighted by Crippen LogP contribution is -2.14. The highest BCUT2D eigenvalue weighted by molar-refractivity contribution is 5.99. The van der Waals surface area contributed by atoms with E-state index in [1.54, 1.807) is 0 Å². The second kappa shape index (κ2) is 7.61. The molecule has 1 N–H and O–H groups in total. The summed E-state index contributed by atoms with van der Waals surface area (Å²) >= 11 is 0. The van der Waals surface area contributed by atoms with Gasteiger partial charge < -0.3 is 9.73 Å². The van der Waals surface area contributed by atoms with Crippen LogP contribution in [0, 0.1) is 0 Å². The van der Waals surface area contributed by atoms with Crippen molar-refractivity contribution in [2.75, 3.05) is 5.32 Å². The number of hydrogen-bond acceptors (Lipinski definition) is 2. The molecule has 0 amide bonds. The molecule has 1 aliphatic rings. The van der Waals surface area contributed by atoms with Gasteiger partial charge in [0.15, 0.2) is 0 Å². The van der Waals surface area contributed by atoms with Crippen LogP contribution < -0.4 is 5.32 Å². The van der Waals surface area contributed by atoms with Gasteiger partial charge in [-0.05, 0) is 63.1 Å². The molecule has 0 bridgehead atoms. The van der Waals surface area contributed by atoms with E-state index in [1.807, 2.05) is 6.26 Å². The summed E-state index contributed by atoms with van der Waals surface area (Å²) in [5, 5.41) is 4.82. The Bertz CT molecular complexity index is 1560. The summed E-state index contributed by atoms with van der Waals surface area (Å²) in [6, 6.07) is 30.6. The standard InChI is InChI=1S/C33H31NO/c1-32(2,3)22-15-16-29(24(17-22)21-11-7-6-8-12-21)34-30-20-35-31-19-28-25(18-26(30)31)23-13-9-10-14-27(23)33(28,4)5/h6-20,34H,1-5H3. The van der Waals surface area contributed by atoms with E-state index in [9.17, 15) is 0 Å². The fourth-order valence-electron chi connectivity index (χ4n) is 5.44.